The number of carbonyl (C=O) groups excluding carboxylic acids is 1. The molecule has 3 rings (SSSR count). The second kappa shape index (κ2) is 7.24. The van der Waals surface area contributed by atoms with Crippen LogP contribution in [-0.4, -0.2) is 34.0 Å². The fraction of sp³-hybridized carbons (Fsp3) is 0.312. The van der Waals surface area contributed by atoms with E-state index in [2.05, 4.69) is 10.1 Å². The summed E-state index contributed by atoms with van der Waals surface area (Å²) < 4.78 is 36.2. The summed E-state index contributed by atoms with van der Waals surface area (Å²) in [6, 6.07) is 3.62. The van der Waals surface area contributed by atoms with Crippen molar-refractivity contribution in [3.05, 3.63) is 46.5 Å². The van der Waals surface area contributed by atoms with Crippen molar-refractivity contribution in [3.8, 4) is 0 Å². The van der Waals surface area contributed by atoms with Crippen LogP contribution < -0.4 is 4.80 Å². The van der Waals surface area contributed by atoms with Crippen molar-refractivity contribution < 1.29 is 18.3 Å². The average Bonchev–Trinajstić information content (AvgIpc) is 3.17. The Labute approximate surface area is 146 Å². The number of aromatic nitrogens is 3. The van der Waals surface area contributed by atoms with E-state index in [1.807, 2.05) is 6.92 Å². The Hall–Kier alpha value is -2.39. The maximum absolute atomic E-state index is 14.2. The van der Waals surface area contributed by atoms with Gasteiger partial charge in [0.15, 0.2) is 10.6 Å². The summed E-state index contributed by atoms with van der Waals surface area (Å²) in [5, 5.41) is 4.04. The molecule has 0 saturated heterocycles. The van der Waals surface area contributed by atoms with Crippen LogP contribution in [0.25, 0.3) is 10.2 Å². The maximum atomic E-state index is 14.2. The summed E-state index contributed by atoms with van der Waals surface area (Å²) in [5.74, 6) is -1.86. The first-order valence-electron chi connectivity index (χ1n) is 7.63. The fourth-order valence-electron chi connectivity index (χ4n) is 2.51. The van der Waals surface area contributed by atoms with Gasteiger partial charge in [-0.15, -0.1) is 0 Å². The third-order valence-corrected chi connectivity index (χ3v) is 4.67. The molecular formula is C16H16F2N4O2S. The smallest absolute Gasteiger partial charge is 0.297 e. The molecule has 2 heterocycles. The average molecular weight is 366 g/mol. The van der Waals surface area contributed by atoms with Crippen LogP contribution in [0.1, 0.15) is 17.4 Å². The lowest BCUT2D eigenvalue weighted by molar-refractivity contribution is 0.0987. The third-order valence-electron chi connectivity index (χ3n) is 3.65. The number of aryl methyl sites for hydroxylation is 1. The number of nitrogens with zero attached hydrogens (tertiary/aromatic N) is 4. The van der Waals surface area contributed by atoms with Gasteiger partial charge in [-0.2, -0.15) is 10.1 Å². The van der Waals surface area contributed by atoms with Crippen LogP contribution in [0.4, 0.5) is 8.78 Å². The van der Waals surface area contributed by atoms with Gasteiger partial charge in [0, 0.05) is 32.5 Å². The number of thiazole rings is 1. The van der Waals surface area contributed by atoms with Crippen molar-refractivity contribution >= 4 is 27.5 Å². The SMILES string of the molecule is CCn1nccc1C(=O)N=c1sc2cc(F)cc(F)c2n1CCOC. The highest BCUT2D eigenvalue weighted by Crippen LogP contribution is 2.22. The number of halogens is 2. The molecule has 25 heavy (non-hydrogen) atoms. The zero-order chi connectivity index (χ0) is 18.0. The molecule has 1 aromatic carbocycles. The van der Waals surface area contributed by atoms with Crippen LogP contribution >= 0.6 is 11.3 Å². The van der Waals surface area contributed by atoms with Crippen molar-refractivity contribution in [1.82, 2.24) is 14.3 Å². The fourth-order valence-corrected chi connectivity index (χ4v) is 3.61. The van der Waals surface area contributed by atoms with E-state index in [1.165, 1.54) is 28.6 Å². The maximum Gasteiger partial charge on any atom is 0.297 e. The molecule has 0 fully saturated rings. The van der Waals surface area contributed by atoms with Crippen LogP contribution in [0.3, 0.4) is 0 Å². The van der Waals surface area contributed by atoms with E-state index in [9.17, 15) is 13.6 Å². The second-order valence-electron chi connectivity index (χ2n) is 5.21. The molecule has 0 radical (unpaired) electrons. The lowest BCUT2D eigenvalue weighted by Crippen LogP contribution is -2.20. The lowest BCUT2D eigenvalue weighted by Gasteiger charge is -2.05. The zero-order valence-electron chi connectivity index (χ0n) is 13.7. The molecule has 0 bridgehead atoms. The van der Waals surface area contributed by atoms with Gasteiger partial charge in [0.1, 0.15) is 11.5 Å². The molecule has 1 amide bonds. The van der Waals surface area contributed by atoms with Gasteiger partial charge in [-0.3, -0.25) is 9.48 Å². The largest absolute Gasteiger partial charge is 0.383 e. The number of hydrogen-bond acceptors (Lipinski definition) is 4. The molecule has 9 heteroatoms. The summed E-state index contributed by atoms with van der Waals surface area (Å²) in [7, 11) is 1.52. The molecule has 0 atom stereocenters. The van der Waals surface area contributed by atoms with Crippen LogP contribution in [0.15, 0.2) is 29.4 Å². The molecule has 0 aliphatic rings. The Morgan fingerprint density at radius 2 is 2.20 bits per heavy atom. The minimum atomic E-state index is -0.699. The Balaban J connectivity index is 2.17. The number of fused-ring (bicyclic) bond motifs is 1. The van der Waals surface area contributed by atoms with Gasteiger partial charge in [0.2, 0.25) is 0 Å². The Morgan fingerprint density at radius 1 is 1.40 bits per heavy atom. The summed E-state index contributed by atoms with van der Waals surface area (Å²) in [4.78, 5) is 16.9. The Kier molecular flexibility index (Phi) is 5.05. The molecule has 0 aliphatic carbocycles. The number of methoxy groups -OCH3 is 1. The molecule has 0 aliphatic heterocycles. The summed E-state index contributed by atoms with van der Waals surface area (Å²) in [6.07, 6.45) is 1.52. The van der Waals surface area contributed by atoms with Gasteiger partial charge >= 0.3 is 0 Å². The number of rotatable bonds is 5. The van der Waals surface area contributed by atoms with E-state index in [1.54, 1.807) is 6.07 Å². The minimum Gasteiger partial charge on any atom is -0.383 e. The number of carbonyl (C=O) groups is 1. The quantitative estimate of drug-likeness (QED) is 0.697. The lowest BCUT2D eigenvalue weighted by atomic mass is 10.3. The van der Waals surface area contributed by atoms with Crippen molar-refractivity contribution in [2.45, 2.75) is 20.0 Å². The molecule has 132 valence electrons. The topological polar surface area (TPSA) is 61.4 Å². The van der Waals surface area contributed by atoms with E-state index < -0.39 is 17.5 Å². The number of amides is 1. The first-order valence-corrected chi connectivity index (χ1v) is 8.45. The first-order chi connectivity index (χ1) is 12.0. The summed E-state index contributed by atoms with van der Waals surface area (Å²) >= 11 is 1.05. The van der Waals surface area contributed by atoms with Crippen molar-refractivity contribution in [1.29, 1.82) is 0 Å². The van der Waals surface area contributed by atoms with Gasteiger partial charge in [-0.1, -0.05) is 11.3 Å². The minimum absolute atomic E-state index is 0.207. The first kappa shape index (κ1) is 17.4. The normalized spacial score (nSPS) is 12.2. The van der Waals surface area contributed by atoms with Gasteiger partial charge < -0.3 is 9.30 Å². The molecule has 0 N–H and O–H groups in total. The molecule has 3 aromatic rings. The summed E-state index contributed by atoms with van der Waals surface area (Å²) in [5.41, 5.74) is 0.545. The van der Waals surface area contributed by atoms with E-state index in [-0.39, 0.29) is 16.9 Å². The molecule has 6 nitrogen and oxygen atoms in total. The summed E-state index contributed by atoms with van der Waals surface area (Å²) in [6.45, 7) is 2.98. The standard InChI is InChI=1S/C16H16F2N4O2S/c1-3-22-12(4-5-19-22)15(23)20-16-21(6-7-24-2)14-11(18)8-10(17)9-13(14)25-16/h4-5,8-9H,3,6-7H2,1-2H3. The van der Waals surface area contributed by atoms with Crippen LogP contribution in [0.2, 0.25) is 0 Å². The number of ether oxygens (including phenoxy) is 1. The number of hydrogen-bond donors (Lipinski definition) is 0. The molecule has 2 aromatic heterocycles. The van der Waals surface area contributed by atoms with Gasteiger partial charge in [0.25, 0.3) is 5.91 Å². The van der Waals surface area contributed by atoms with Crippen LogP contribution in [-0.2, 0) is 17.8 Å². The molecular weight excluding hydrogens is 350 g/mol. The predicted octanol–water partition coefficient (Wildman–Crippen LogP) is 2.58. The van der Waals surface area contributed by atoms with E-state index in [0.717, 1.165) is 17.4 Å². The number of benzene rings is 1. The highest BCUT2D eigenvalue weighted by molar-refractivity contribution is 7.16. The molecule has 0 spiro atoms. The van der Waals surface area contributed by atoms with E-state index in [0.29, 0.717) is 23.5 Å². The Bertz CT molecular complexity index is 990. The van der Waals surface area contributed by atoms with Gasteiger partial charge in [-0.25, -0.2) is 8.78 Å². The highest BCUT2D eigenvalue weighted by atomic mass is 32.1. The van der Waals surface area contributed by atoms with Crippen molar-refractivity contribution in [3.63, 3.8) is 0 Å². The molecule has 0 unspecified atom stereocenters. The third kappa shape index (κ3) is 3.38. The predicted molar refractivity (Wildman–Crippen MR) is 89.4 cm³/mol. The van der Waals surface area contributed by atoms with Crippen molar-refractivity contribution in [2.24, 2.45) is 4.99 Å². The van der Waals surface area contributed by atoms with Crippen molar-refractivity contribution in [2.75, 3.05) is 13.7 Å². The van der Waals surface area contributed by atoms with Gasteiger partial charge in [-0.05, 0) is 19.1 Å². The van der Waals surface area contributed by atoms with Crippen LogP contribution in [0, 0.1) is 11.6 Å². The zero-order valence-corrected chi connectivity index (χ0v) is 14.5. The Morgan fingerprint density at radius 3 is 2.92 bits per heavy atom. The highest BCUT2D eigenvalue weighted by Gasteiger charge is 2.15. The monoisotopic (exact) mass is 366 g/mol. The van der Waals surface area contributed by atoms with E-state index in [4.69, 9.17) is 4.74 Å². The van der Waals surface area contributed by atoms with Crippen LogP contribution in [0.5, 0.6) is 0 Å². The second-order valence-corrected chi connectivity index (χ2v) is 6.22. The molecule has 0 saturated carbocycles. The van der Waals surface area contributed by atoms with Gasteiger partial charge in [0.05, 0.1) is 16.8 Å². The van der Waals surface area contributed by atoms with E-state index >= 15 is 0 Å².